The minimum Gasteiger partial charge on any atom is -0.370 e. The van der Waals surface area contributed by atoms with E-state index in [9.17, 15) is 9.59 Å². The largest absolute Gasteiger partial charge is 0.370 e. The molecule has 0 radical (unpaired) electrons. The van der Waals surface area contributed by atoms with Crippen LogP contribution in [0.4, 0.5) is 0 Å². The minimum absolute atomic E-state index is 0.0298. The summed E-state index contributed by atoms with van der Waals surface area (Å²) in [4.78, 5) is 29.2. The lowest BCUT2D eigenvalue weighted by Gasteiger charge is -2.34. The lowest BCUT2D eigenvalue weighted by atomic mass is 9.94. The van der Waals surface area contributed by atoms with Crippen molar-refractivity contribution < 1.29 is 14.3 Å². The smallest absolute Gasteiger partial charge is 0.242 e. The van der Waals surface area contributed by atoms with Crippen LogP contribution in [0.15, 0.2) is 30.3 Å². The van der Waals surface area contributed by atoms with Crippen LogP contribution in [0.1, 0.15) is 51.5 Å². The fraction of sp³-hybridized carbons (Fsp3) is 0.636. The summed E-state index contributed by atoms with van der Waals surface area (Å²) in [5, 5.41) is 0. The first-order chi connectivity index (χ1) is 13.0. The Morgan fingerprint density at radius 3 is 2.48 bits per heavy atom. The third-order valence-electron chi connectivity index (χ3n) is 5.62. The zero-order chi connectivity index (χ0) is 19.2. The molecule has 1 heterocycles. The Bertz CT molecular complexity index is 626. The number of carbonyl (C=O) groups excluding carboxylic acids is 2. The van der Waals surface area contributed by atoms with Gasteiger partial charge in [0.2, 0.25) is 11.8 Å². The number of ether oxygens (including phenoxy) is 1. The van der Waals surface area contributed by atoms with E-state index in [1.165, 1.54) is 19.3 Å². The van der Waals surface area contributed by atoms with Crippen molar-refractivity contribution in [3.8, 4) is 0 Å². The summed E-state index contributed by atoms with van der Waals surface area (Å²) in [5.74, 6) is -0.0160. The van der Waals surface area contributed by atoms with Crippen LogP contribution in [-0.2, 0) is 20.9 Å². The molecule has 1 saturated carbocycles. The van der Waals surface area contributed by atoms with Crippen molar-refractivity contribution in [1.29, 1.82) is 0 Å². The Balaban J connectivity index is 1.73. The molecule has 1 atom stereocenters. The predicted octanol–water partition coefficient (Wildman–Crippen LogP) is 3.23. The maximum absolute atomic E-state index is 12.9. The van der Waals surface area contributed by atoms with Gasteiger partial charge in [-0.1, -0.05) is 63.4 Å². The van der Waals surface area contributed by atoms with Crippen molar-refractivity contribution in [1.82, 2.24) is 9.80 Å². The van der Waals surface area contributed by atoms with Crippen molar-refractivity contribution >= 4 is 11.8 Å². The first-order valence-electron chi connectivity index (χ1n) is 10.3. The van der Waals surface area contributed by atoms with E-state index in [1.807, 2.05) is 49.1 Å². The summed E-state index contributed by atoms with van der Waals surface area (Å²) in [7, 11) is 0. The number of carbonyl (C=O) groups is 2. The lowest BCUT2D eigenvalue weighted by molar-refractivity contribution is -0.141. The van der Waals surface area contributed by atoms with Crippen LogP contribution in [0.2, 0.25) is 0 Å². The van der Waals surface area contributed by atoms with Crippen LogP contribution in [0.5, 0.6) is 0 Å². The number of hydrogen-bond donors (Lipinski definition) is 0. The van der Waals surface area contributed by atoms with Crippen molar-refractivity contribution in [2.75, 3.05) is 19.6 Å². The molecule has 0 bridgehead atoms. The van der Waals surface area contributed by atoms with Gasteiger partial charge in [0.25, 0.3) is 0 Å². The molecule has 2 amide bonds. The Kier molecular flexibility index (Phi) is 6.89. The van der Waals surface area contributed by atoms with Gasteiger partial charge in [-0.2, -0.15) is 0 Å². The fourth-order valence-corrected chi connectivity index (χ4v) is 4.12. The highest BCUT2D eigenvalue weighted by Gasteiger charge is 2.35. The normalized spacial score (nSPS) is 22.2. The van der Waals surface area contributed by atoms with E-state index in [0.29, 0.717) is 25.7 Å². The maximum Gasteiger partial charge on any atom is 0.242 e. The van der Waals surface area contributed by atoms with Gasteiger partial charge in [0.1, 0.15) is 0 Å². The molecule has 0 N–H and O–H groups in total. The molecule has 3 rings (SSSR count). The summed E-state index contributed by atoms with van der Waals surface area (Å²) in [6.45, 7) is 5.52. The van der Waals surface area contributed by atoms with E-state index >= 15 is 0 Å². The van der Waals surface area contributed by atoms with E-state index in [2.05, 4.69) is 0 Å². The Hall–Kier alpha value is -1.88. The molecule has 2 fully saturated rings. The highest BCUT2D eigenvalue weighted by molar-refractivity contribution is 5.86. The summed E-state index contributed by atoms with van der Waals surface area (Å²) in [6.07, 6.45) is 5.59. The van der Waals surface area contributed by atoms with Gasteiger partial charge in [0.15, 0.2) is 0 Å². The minimum atomic E-state index is -0.152. The molecule has 0 spiro atoms. The molecule has 5 heteroatoms. The predicted molar refractivity (Wildman–Crippen MR) is 105 cm³/mol. The SMILES string of the molecule is CC(C)C(=O)N1CC(=O)N(C2CCCCC2)C[C@H](OCc2ccccc2)C1. The zero-order valence-corrected chi connectivity index (χ0v) is 16.6. The van der Waals surface area contributed by atoms with Crippen molar-refractivity contribution in [2.24, 2.45) is 5.92 Å². The average molecular weight is 373 g/mol. The number of nitrogens with zero attached hydrogens (tertiary/aromatic N) is 2. The first-order valence-corrected chi connectivity index (χ1v) is 10.3. The van der Waals surface area contributed by atoms with E-state index < -0.39 is 0 Å². The monoisotopic (exact) mass is 372 g/mol. The standard InChI is InChI=1S/C22H32N2O3/c1-17(2)22(26)23-13-20(27-16-18-9-5-3-6-10-18)14-24(21(25)15-23)19-11-7-4-8-12-19/h3,5-6,9-10,17,19-20H,4,7-8,11-16H2,1-2H3/t20-/m1/s1. The topological polar surface area (TPSA) is 49.9 Å². The third-order valence-corrected chi connectivity index (χ3v) is 5.62. The summed E-state index contributed by atoms with van der Waals surface area (Å²) in [5.41, 5.74) is 1.11. The second-order valence-electron chi connectivity index (χ2n) is 8.13. The van der Waals surface area contributed by atoms with Crippen molar-refractivity contribution in [3.05, 3.63) is 35.9 Å². The molecule has 1 aliphatic carbocycles. The maximum atomic E-state index is 12.9. The van der Waals surface area contributed by atoms with Gasteiger partial charge in [-0.25, -0.2) is 0 Å². The van der Waals surface area contributed by atoms with Gasteiger partial charge in [0, 0.05) is 25.0 Å². The molecular weight excluding hydrogens is 340 g/mol. The van der Waals surface area contributed by atoms with E-state index in [4.69, 9.17) is 4.74 Å². The second-order valence-corrected chi connectivity index (χ2v) is 8.13. The third kappa shape index (κ3) is 5.32. The lowest BCUT2D eigenvalue weighted by Crippen LogP contribution is -2.46. The number of rotatable bonds is 5. The van der Waals surface area contributed by atoms with Gasteiger partial charge in [-0.15, -0.1) is 0 Å². The van der Waals surface area contributed by atoms with E-state index in [1.54, 1.807) is 4.90 Å². The highest BCUT2D eigenvalue weighted by Crippen LogP contribution is 2.25. The van der Waals surface area contributed by atoms with Crippen LogP contribution in [0.25, 0.3) is 0 Å². The van der Waals surface area contributed by atoms with Gasteiger partial charge in [-0.05, 0) is 18.4 Å². The number of amides is 2. The highest BCUT2D eigenvalue weighted by atomic mass is 16.5. The quantitative estimate of drug-likeness (QED) is 0.797. The molecular formula is C22H32N2O3. The first kappa shape index (κ1) is 19.9. The fourth-order valence-electron chi connectivity index (χ4n) is 4.12. The Labute approximate surface area is 162 Å². The van der Waals surface area contributed by atoms with Crippen LogP contribution >= 0.6 is 0 Å². The van der Waals surface area contributed by atoms with Gasteiger partial charge in [0.05, 0.1) is 19.3 Å². The molecule has 1 aromatic carbocycles. The van der Waals surface area contributed by atoms with Crippen molar-refractivity contribution in [2.45, 2.75) is 64.7 Å². The molecule has 1 aliphatic heterocycles. The molecule has 27 heavy (non-hydrogen) atoms. The number of benzene rings is 1. The summed E-state index contributed by atoms with van der Waals surface area (Å²) >= 11 is 0. The molecule has 0 unspecified atom stereocenters. The molecule has 1 saturated heterocycles. The average Bonchev–Trinajstić information content (AvgIpc) is 2.86. The summed E-state index contributed by atoms with van der Waals surface area (Å²) < 4.78 is 6.19. The van der Waals surface area contributed by atoms with Crippen LogP contribution in [0, 0.1) is 5.92 Å². The van der Waals surface area contributed by atoms with Gasteiger partial charge >= 0.3 is 0 Å². The molecule has 2 aliphatic rings. The zero-order valence-electron chi connectivity index (χ0n) is 16.6. The molecule has 5 nitrogen and oxygen atoms in total. The molecule has 0 aromatic heterocycles. The van der Waals surface area contributed by atoms with Gasteiger partial charge < -0.3 is 14.5 Å². The van der Waals surface area contributed by atoms with Gasteiger partial charge in [-0.3, -0.25) is 9.59 Å². The number of hydrogen-bond acceptors (Lipinski definition) is 3. The van der Waals surface area contributed by atoms with Crippen LogP contribution in [0.3, 0.4) is 0 Å². The van der Waals surface area contributed by atoms with E-state index in [-0.39, 0.29) is 30.4 Å². The Morgan fingerprint density at radius 1 is 1.11 bits per heavy atom. The van der Waals surface area contributed by atoms with Crippen LogP contribution in [-0.4, -0.2) is 53.4 Å². The van der Waals surface area contributed by atoms with Crippen molar-refractivity contribution in [3.63, 3.8) is 0 Å². The van der Waals surface area contributed by atoms with E-state index in [0.717, 1.165) is 18.4 Å². The molecule has 1 aromatic rings. The second kappa shape index (κ2) is 9.36. The Morgan fingerprint density at radius 2 is 1.81 bits per heavy atom. The summed E-state index contributed by atoms with van der Waals surface area (Å²) in [6, 6.07) is 10.4. The molecule has 148 valence electrons. The van der Waals surface area contributed by atoms with Crippen LogP contribution < -0.4 is 0 Å².